The number of aliphatic imine (C=N–C) groups is 2. The Morgan fingerprint density at radius 3 is 1.72 bits per heavy atom. The topological polar surface area (TPSA) is 279 Å². The van der Waals surface area contributed by atoms with E-state index in [1.165, 1.54) is 6.92 Å². The fraction of sp³-hybridized carbons (Fsp3) is 0.500. The molecule has 1 aromatic rings. The SMILES string of the molecule is CC(NC(=O)C(CCCN=C(N)N)NC(=O)C(CCCN=C(N)N)NC(=O)C(N)Cc1ccccc1)C(=O)O. The fourth-order valence-corrected chi connectivity index (χ4v) is 3.43. The highest BCUT2D eigenvalue weighted by Crippen LogP contribution is 2.06. The number of nitrogens with zero attached hydrogens (tertiary/aromatic N) is 2. The van der Waals surface area contributed by atoms with Gasteiger partial charge in [-0.3, -0.25) is 29.2 Å². The first-order valence-electron chi connectivity index (χ1n) is 12.4. The predicted molar refractivity (Wildman–Crippen MR) is 147 cm³/mol. The Hall–Kier alpha value is -4.40. The average molecular weight is 549 g/mol. The number of carbonyl (C=O) groups excluding carboxylic acids is 3. The molecular weight excluding hydrogens is 508 g/mol. The summed E-state index contributed by atoms with van der Waals surface area (Å²) < 4.78 is 0. The number of carboxylic acid groups (broad SMARTS) is 1. The molecule has 0 bridgehead atoms. The maximum atomic E-state index is 13.2. The first kappa shape index (κ1) is 32.6. The largest absolute Gasteiger partial charge is 0.480 e. The number of nitrogens with two attached hydrogens (primary N) is 5. The van der Waals surface area contributed by atoms with E-state index in [2.05, 4.69) is 25.9 Å². The summed E-state index contributed by atoms with van der Waals surface area (Å²) in [5.41, 5.74) is 28.3. The molecule has 0 aliphatic heterocycles. The second kappa shape index (κ2) is 17.2. The second-order valence-corrected chi connectivity index (χ2v) is 8.88. The van der Waals surface area contributed by atoms with E-state index in [-0.39, 0.29) is 44.3 Å². The van der Waals surface area contributed by atoms with Crippen molar-refractivity contribution in [2.75, 3.05) is 13.1 Å². The van der Waals surface area contributed by atoms with Crippen molar-refractivity contribution < 1.29 is 24.3 Å². The molecule has 0 aromatic heterocycles. The highest BCUT2D eigenvalue weighted by atomic mass is 16.4. The van der Waals surface area contributed by atoms with Gasteiger partial charge in [-0.2, -0.15) is 0 Å². The van der Waals surface area contributed by atoms with Gasteiger partial charge in [-0.1, -0.05) is 30.3 Å². The molecule has 0 fully saturated rings. The molecule has 15 nitrogen and oxygen atoms in total. The molecule has 0 spiro atoms. The first-order chi connectivity index (χ1) is 18.4. The maximum absolute atomic E-state index is 13.2. The van der Waals surface area contributed by atoms with Gasteiger partial charge in [0, 0.05) is 13.1 Å². The Balaban J connectivity index is 3.01. The number of guanidine groups is 2. The molecule has 0 aliphatic carbocycles. The van der Waals surface area contributed by atoms with Gasteiger partial charge in [0.15, 0.2) is 11.9 Å². The van der Waals surface area contributed by atoms with Crippen LogP contribution in [0.3, 0.4) is 0 Å². The molecular formula is C24H40N10O5. The predicted octanol–water partition coefficient (Wildman–Crippen LogP) is -2.78. The second-order valence-electron chi connectivity index (χ2n) is 8.88. The van der Waals surface area contributed by atoms with Crippen LogP contribution < -0.4 is 44.6 Å². The van der Waals surface area contributed by atoms with Crippen LogP contribution in [-0.2, 0) is 25.6 Å². The number of aliphatic carboxylic acids is 1. The lowest BCUT2D eigenvalue weighted by molar-refractivity contribution is -0.141. The van der Waals surface area contributed by atoms with Crippen LogP contribution in [0.1, 0.15) is 38.2 Å². The lowest BCUT2D eigenvalue weighted by Crippen LogP contribution is -2.57. The quantitative estimate of drug-likeness (QED) is 0.0548. The minimum atomic E-state index is -1.24. The van der Waals surface area contributed by atoms with E-state index in [4.69, 9.17) is 33.8 Å². The molecule has 1 aromatic carbocycles. The van der Waals surface area contributed by atoms with Crippen LogP contribution in [0.25, 0.3) is 0 Å². The van der Waals surface area contributed by atoms with Gasteiger partial charge in [-0.05, 0) is 44.6 Å². The molecule has 14 N–H and O–H groups in total. The van der Waals surface area contributed by atoms with Crippen molar-refractivity contribution >= 4 is 35.6 Å². The van der Waals surface area contributed by atoms with Gasteiger partial charge < -0.3 is 49.7 Å². The highest BCUT2D eigenvalue weighted by Gasteiger charge is 2.29. The van der Waals surface area contributed by atoms with Crippen LogP contribution in [0.2, 0.25) is 0 Å². The molecule has 39 heavy (non-hydrogen) atoms. The maximum Gasteiger partial charge on any atom is 0.325 e. The number of amides is 3. The number of carbonyl (C=O) groups is 4. The van der Waals surface area contributed by atoms with Gasteiger partial charge in [0.05, 0.1) is 6.04 Å². The zero-order valence-corrected chi connectivity index (χ0v) is 22.0. The Morgan fingerprint density at radius 2 is 1.26 bits per heavy atom. The normalized spacial score (nSPS) is 13.6. The highest BCUT2D eigenvalue weighted by molar-refractivity contribution is 5.94. The van der Waals surface area contributed by atoms with Gasteiger partial charge in [0.1, 0.15) is 18.1 Å². The van der Waals surface area contributed by atoms with E-state index >= 15 is 0 Å². The zero-order chi connectivity index (χ0) is 29.4. The molecule has 1 rings (SSSR count). The van der Waals surface area contributed by atoms with Crippen molar-refractivity contribution in [1.82, 2.24) is 16.0 Å². The molecule has 0 saturated heterocycles. The Bertz CT molecular complexity index is 1010. The molecule has 15 heteroatoms. The number of hydrogen-bond acceptors (Lipinski definition) is 7. The van der Waals surface area contributed by atoms with Crippen molar-refractivity contribution in [3.63, 3.8) is 0 Å². The summed E-state index contributed by atoms with van der Waals surface area (Å²) in [4.78, 5) is 57.8. The number of nitrogens with one attached hydrogen (secondary N) is 3. The summed E-state index contributed by atoms with van der Waals surface area (Å²) in [6, 6.07) is 4.82. The van der Waals surface area contributed by atoms with Crippen molar-refractivity contribution in [3.8, 4) is 0 Å². The molecule has 0 radical (unpaired) electrons. The van der Waals surface area contributed by atoms with Gasteiger partial charge in [0.25, 0.3) is 0 Å². The standard InChI is InChI=1S/C24H40N10O5/c1-14(22(38)39)32-20(36)17(9-5-11-30-23(26)27)34-21(37)18(10-6-12-31-24(28)29)33-19(35)16(25)13-15-7-3-2-4-8-15/h2-4,7-8,14,16-18H,5-6,9-13,25H2,1H3,(H,32,36)(H,33,35)(H,34,37)(H,38,39)(H4,26,27,30)(H4,28,29,31). The third-order valence-corrected chi connectivity index (χ3v) is 5.52. The lowest BCUT2D eigenvalue weighted by Gasteiger charge is -2.24. The minimum Gasteiger partial charge on any atom is -0.480 e. The van der Waals surface area contributed by atoms with Crippen LogP contribution in [0.15, 0.2) is 40.3 Å². The Labute approximate surface area is 227 Å². The summed E-state index contributed by atoms with van der Waals surface area (Å²) in [5.74, 6) is -3.43. The van der Waals surface area contributed by atoms with Crippen LogP contribution in [0.4, 0.5) is 0 Å². The lowest BCUT2D eigenvalue weighted by atomic mass is 10.0. The third kappa shape index (κ3) is 13.6. The third-order valence-electron chi connectivity index (χ3n) is 5.52. The molecule has 0 aliphatic rings. The van der Waals surface area contributed by atoms with Gasteiger partial charge in [-0.25, -0.2) is 0 Å². The number of hydrogen-bond donors (Lipinski definition) is 9. The molecule has 4 atom stereocenters. The van der Waals surface area contributed by atoms with E-state index < -0.39 is 47.9 Å². The average Bonchev–Trinajstić information content (AvgIpc) is 2.87. The van der Waals surface area contributed by atoms with E-state index in [1.54, 1.807) is 0 Å². The van der Waals surface area contributed by atoms with E-state index in [9.17, 15) is 19.2 Å². The van der Waals surface area contributed by atoms with Crippen LogP contribution >= 0.6 is 0 Å². The summed E-state index contributed by atoms with van der Waals surface area (Å²) in [6.07, 6.45) is 1.13. The van der Waals surface area contributed by atoms with Crippen molar-refractivity contribution in [2.24, 2.45) is 38.7 Å². The number of benzene rings is 1. The number of carboxylic acids is 1. The fourth-order valence-electron chi connectivity index (χ4n) is 3.43. The molecule has 3 amide bonds. The van der Waals surface area contributed by atoms with Crippen molar-refractivity contribution in [1.29, 1.82) is 0 Å². The number of rotatable bonds is 17. The van der Waals surface area contributed by atoms with Gasteiger partial charge in [-0.15, -0.1) is 0 Å². The summed E-state index contributed by atoms with van der Waals surface area (Å²) in [6.45, 7) is 1.68. The summed E-state index contributed by atoms with van der Waals surface area (Å²) >= 11 is 0. The van der Waals surface area contributed by atoms with Crippen LogP contribution in [0, 0.1) is 0 Å². The Morgan fingerprint density at radius 1 is 0.795 bits per heavy atom. The summed E-state index contributed by atoms with van der Waals surface area (Å²) in [5, 5.41) is 16.7. The van der Waals surface area contributed by atoms with E-state index in [0.29, 0.717) is 12.8 Å². The van der Waals surface area contributed by atoms with E-state index in [0.717, 1.165) is 5.56 Å². The van der Waals surface area contributed by atoms with Crippen molar-refractivity contribution in [2.45, 2.75) is 63.2 Å². The Kier molecular flexibility index (Phi) is 14.4. The monoisotopic (exact) mass is 548 g/mol. The van der Waals surface area contributed by atoms with Gasteiger partial charge in [0.2, 0.25) is 17.7 Å². The minimum absolute atomic E-state index is 0.100. The summed E-state index contributed by atoms with van der Waals surface area (Å²) in [7, 11) is 0. The smallest absolute Gasteiger partial charge is 0.325 e. The molecule has 0 saturated carbocycles. The van der Waals surface area contributed by atoms with Crippen LogP contribution in [0.5, 0.6) is 0 Å². The van der Waals surface area contributed by atoms with Gasteiger partial charge >= 0.3 is 5.97 Å². The molecule has 216 valence electrons. The molecule has 4 unspecified atom stereocenters. The molecule has 0 heterocycles. The van der Waals surface area contributed by atoms with Crippen LogP contribution in [-0.4, -0.2) is 78.0 Å². The van der Waals surface area contributed by atoms with Crippen molar-refractivity contribution in [3.05, 3.63) is 35.9 Å². The first-order valence-corrected chi connectivity index (χ1v) is 12.4. The van der Waals surface area contributed by atoms with E-state index in [1.807, 2.05) is 30.3 Å². The zero-order valence-electron chi connectivity index (χ0n) is 22.0.